The van der Waals surface area contributed by atoms with Gasteiger partial charge in [0.05, 0.1) is 0 Å². The van der Waals surface area contributed by atoms with Crippen LogP contribution in [0.1, 0.15) is 11.7 Å². The molecule has 1 atom stereocenters. The molecular weight excluding hydrogens is 288 g/mol. The Hall–Kier alpha value is -1.38. The third-order valence-corrected chi connectivity index (χ3v) is 2.37. The van der Waals surface area contributed by atoms with Crippen LogP contribution in [0.25, 0.3) is 0 Å². The van der Waals surface area contributed by atoms with Crippen LogP contribution in [0.3, 0.4) is 0 Å². The minimum Gasteiger partial charge on any atom is -0.384 e. The predicted octanol–water partition coefficient (Wildman–Crippen LogP) is 3.69. The number of aliphatic hydroxyl groups excluding tert-OH is 1. The summed E-state index contributed by atoms with van der Waals surface area (Å²) in [4.78, 5) is 0. The maximum atomic E-state index is 13.4. The highest BCUT2D eigenvalue weighted by Crippen LogP contribution is 2.52. The van der Waals surface area contributed by atoms with Crippen LogP contribution in [0, 0.1) is 5.82 Å². The Morgan fingerprint density at radius 1 is 0.895 bits per heavy atom. The van der Waals surface area contributed by atoms with E-state index in [0.717, 1.165) is 12.1 Å². The van der Waals surface area contributed by atoms with E-state index in [1.165, 1.54) is 0 Å². The smallest absolute Gasteiger partial charge is 0.384 e. The van der Waals surface area contributed by atoms with Gasteiger partial charge in [-0.15, -0.1) is 0 Å². The number of halogens is 8. The van der Waals surface area contributed by atoms with Gasteiger partial charge in [-0.2, -0.15) is 26.3 Å². The third-order valence-electron chi connectivity index (χ3n) is 2.37. The lowest BCUT2D eigenvalue weighted by molar-refractivity contribution is -0.366. The molecule has 1 N–H and O–H groups in total. The molecule has 19 heavy (non-hydrogen) atoms. The zero-order valence-corrected chi connectivity index (χ0v) is 8.86. The molecule has 0 saturated carbocycles. The van der Waals surface area contributed by atoms with Crippen LogP contribution in [0.2, 0.25) is 0 Å². The lowest BCUT2D eigenvalue weighted by Crippen LogP contribution is -2.57. The zero-order valence-electron chi connectivity index (χ0n) is 8.86. The van der Waals surface area contributed by atoms with E-state index in [2.05, 4.69) is 0 Å². The predicted molar refractivity (Wildman–Crippen MR) is 47.3 cm³/mol. The first-order valence-corrected chi connectivity index (χ1v) is 4.67. The minimum atomic E-state index is -6.41. The Balaban J connectivity index is 3.36. The van der Waals surface area contributed by atoms with Gasteiger partial charge in [0, 0.05) is 0 Å². The van der Waals surface area contributed by atoms with Crippen molar-refractivity contribution < 1.29 is 40.2 Å². The molecule has 0 saturated heterocycles. The van der Waals surface area contributed by atoms with Crippen molar-refractivity contribution in [2.24, 2.45) is 0 Å². The summed E-state index contributed by atoms with van der Waals surface area (Å²) in [6.45, 7) is 0. The van der Waals surface area contributed by atoms with Gasteiger partial charge in [-0.3, -0.25) is 0 Å². The van der Waals surface area contributed by atoms with E-state index in [4.69, 9.17) is 5.11 Å². The van der Waals surface area contributed by atoms with Crippen LogP contribution in [0.15, 0.2) is 24.3 Å². The van der Waals surface area contributed by atoms with Crippen LogP contribution in [0.5, 0.6) is 0 Å². The zero-order chi connectivity index (χ0) is 15.1. The van der Waals surface area contributed by atoms with Gasteiger partial charge in [0.25, 0.3) is 0 Å². The molecule has 0 aliphatic heterocycles. The number of rotatable bonds is 2. The molecule has 1 nitrogen and oxygen atoms in total. The van der Waals surface area contributed by atoms with Crippen molar-refractivity contribution in [3.05, 3.63) is 35.6 Å². The van der Waals surface area contributed by atoms with E-state index in [9.17, 15) is 35.1 Å². The highest BCUT2D eigenvalue weighted by atomic mass is 19.4. The number of benzene rings is 1. The maximum absolute atomic E-state index is 13.4. The minimum absolute atomic E-state index is 0.191. The lowest BCUT2D eigenvalue weighted by atomic mass is 9.91. The normalized spacial score (nSPS) is 15.4. The van der Waals surface area contributed by atoms with E-state index in [1.807, 2.05) is 0 Å². The maximum Gasteiger partial charge on any atom is 0.434 e. The Labute approximate surface area is 101 Å². The molecule has 0 aromatic heterocycles. The molecule has 0 aliphatic carbocycles. The van der Waals surface area contributed by atoms with Crippen LogP contribution >= 0.6 is 0 Å². The van der Waals surface area contributed by atoms with Crippen LogP contribution in [-0.2, 0) is 0 Å². The Morgan fingerprint density at radius 2 is 1.37 bits per heavy atom. The summed E-state index contributed by atoms with van der Waals surface area (Å²) in [5.41, 5.74) is -7.05. The lowest BCUT2D eigenvalue weighted by Gasteiger charge is -2.33. The molecule has 0 amide bonds. The molecule has 0 bridgehead atoms. The number of aliphatic hydroxyl groups is 1. The fraction of sp³-hybridized carbons (Fsp3) is 0.400. The molecule has 1 aromatic carbocycles. The topological polar surface area (TPSA) is 20.2 Å². The number of hydrogen-bond acceptors (Lipinski definition) is 1. The van der Waals surface area contributed by atoms with Crippen molar-refractivity contribution >= 4 is 0 Å². The summed E-state index contributed by atoms with van der Waals surface area (Å²) >= 11 is 0. The second-order valence-electron chi connectivity index (χ2n) is 3.66. The fourth-order valence-corrected chi connectivity index (χ4v) is 1.38. The number of hydrogen-bond donors (Lipinski definition) is 1. The van der Waals surface area contributed by atoms with Crippen LogP contribution in [0.4, 0.5) is 35.1 Å². The van der Waals surface area contributed by atoms with Crippen LogP contribution in [-0.4, -0.2) is 23.1 Å². The van der Waals surface area contributed by atoms with Crippen LogP contribution < -0.4 is 0 Å². The van der Waals surface area contributed by atoms with Gasteiger partial charge in [0.2, 0.25) is 0 Å². The average Bonchev–Trinajstić information content (AvgIpc) is 2.23. The third kappa shape index (κ3) is 2.65. The molecule has 1 unspecified atom stereocenters. The Bertz CT molecular complexity index is 436. The van der Waals surface area contributed by atoms with Crippen molar-refractivity contribution in [3.63, 3.8) is 0 Å². The van der Waals surface area contributed by atoms with E-state index in [-0.39, 0.29) is 6.07 Å². The monoisotopic (exact) mass is 294 g/mol. The summed E-state index contributed by atoms with van der Waals surface area (Å²) in [7, 11) is 0. The standard InChI is InChI=1S/C10H6F8O/c11-6-3-1-2-5(4-6)7(19)8(12,9(13,14)15)10(16,17)18/h1-4,7,19H. The highest BCUT2D eigenvalue weighted by Gasteiger charge is 2.76. The second kappa shape index (κ2) is 4.62. The summed E-state index contributed by atoms with van der Waals surface area (Å²) < 4.78 is 99.8. The van der Waals surface area contributed by atoms with Crippen molar-refractivity contribution in [2.75, 3.05) is 0 Å². The molecule has 0 radical (unpaired) electrons. The Morgan fingerprint density at radius 3 is 1.74 bits per heavy atom. The quantitative estimate of drug-likeness (QED) is 0.825. The van der Waals surface area contributed by atoms with Gasteiger partial charge >= 0.3 is 18.0 Å². The van der Waals surface area contributed by atoms with Crippen molar-refractivity contribution in [1.82, 2.24) is 0 Å². The molecule has 1 rings (SSSR count). The van der Waals surface area contributed by atoms with Crippen molar-refractivity contribution in [1.29, 1.82) is 0 Å². The molecular formula is C10H6F8O. The summed E-state index contributed by atoms with van der Waals surface area (Å²) in [5, 5.41) is 9.05. The molecule has 9 heteroatoms. The number of alkyl halides is 7. The van der Waals surface area contributed by atoms with Gasteiger partial charge < -0.3 is 5.11 Å². The SMILES string of the molecule is OC(c1cccc(F)c1)C(F)(C(F)(F)F)C(F)(F)F. The van der Waals surface area contributed by atoms with Crippen molar-refractivity contribution in [2.45, 2.75) is 24.1 Å². The Kier molecular flexibility index (Phi) is 3.81. The van der Waals surface area contributed by atoms with Gasteiger partial charge in [-0.1, -0.05) is 12.1 Å². The van der Waals surface area contributed by atoms with Gasteiger partial charge in [-0.05, 0) is 17.7 Å². The summed E-state index contributed by atoms with van der Waals surface area (Å²) in [5.74, 6) is -1.21. The van der Waals surface area contributed by atoms with E-state index >= 15 is 0 Å². The molecule has 0 spiro atoms. The molecule has 0 heterocycles. The fourth-order valence-electron chi connectivity index (χ4n) is 1.38. The molecule has 0 fully saturated rings. The first-order valence-electron chi connectivity index (χ1n) is 4.67. The summed E-state index contributed by atoms with van der Waals surface area (Å²) in [6.07, 6.45) is -16.4. The van der Waals surface area contributed by atoms with E-state index in [0.29, 0.717) is 6.07 Å². The highest BCUT2D eigenvalue weighted by molar-refractivity contribution is 5.23. The molecule has 1 aromatic rings. The first kappa shape index (κ1) is 15.7. The van der Waals surface area contributed by atoms with Gasteiger partial charge in [0.1, 0.15) is 11.9 Å². The van der Waals surface area contributed by atoms with Gasteiger partial charge in [0.15, 0.2) is 0 Å². The van der Waals surface area contributed by atoms with E-state index in [1.54, 1.807) is 0 Å². The average molecular weight is 294 g/mol. The van der Waals surface area contributed by atoms with Gasteiger partial charge in [-0.25, -0.2) is 8.78 Å². The second-order valence-corrected chi connectivity index (χ2v) is 3.66. The first-order chi connectivity index (χ1) is 8.41. The largest absolute Gasteiger partial charge is 0.434 e. The molecule has 0 aliphatic rings. The summed E-state index contributed by atoms with van der Waals surface area (Å²) in [6, 6.07) is 2.22. The van der Waals surface area contributed by atoms with E-state index < -0.39 is 35.5 Å². The molecule has 108 valence electrons. The van der Waals surface area contributed by atoms with Crippen molar-refractivity contribution in [3.8, 4) is 0 Å².